The summed E-state index contributed by atoms with van der Waals surface area (Å²) in [4.78, 5) is 10.8. The standard InChI is InChI=1S/C13H15NO2/c1-3-14-9(2)7-11-10(8-13(15)16)5-4-6-12(11)14/h4-7H,3,8H2,1-2H3,(H,15,16). The molecule has 1 N–H and O–H groups in total. The van der Waals surface area contributed by atoms with Crippen molar-refractivity contribution in [2.24, 2.45) is 0 Å². The van der Waals surface area contributed by atoms with Gasteiger partial charge >= 0.3 is 5.97 Å². The summed E-state index contributed by atoms with van der Waals surface area (Å²) >= 11 is 0. The van der Waals surface area contributed by atoms with E-state index in [1.807, 2.05) is 25.1 Å². The summed E-state index contributed by atoms with van der Waals surface area (Å²) in [6, 6.07) is 7.91. The third-order valence-electron chi connectivity index (χ3n) is 2.90. The molecule has 3 heteroatoms. The second kappa shape index (κ2) is 4.00. The van der Waals surface area contributed by atoms with Gasteiger partial charge < -0.3 is 9.67 Å². The summed E-state index contributed by atoms with van der Waals surface area (Å²) in [7, 11) is 0. The zero-order valence-corrected chi connectivity index (χ0v) is 9.53. The number of carboxylic acids is 1. The molecule has 1 aromatic carbocycles. The molecule has 0 saturated heterocycles. The lowest BCUT2D eigenvalue weighted by atomic mass is 10.1. The molecule has 0 bridgehead atoms. The lowest BCUT2D eigenvalue weighted by Crippen LogP contribution is -2.00. The van der Waals surface area contributed by atoms with E-state index in [4.69, 9.17) is 5.11 Å². The maximum absolute atomic E-state index is 10.8. The molecule has 0 unspecified atom stereocenters. The number of hydrogen-bond acceptors (Lipinski definition) is 1. The maximum atomic E-state index is 10.8. The lowest BCUT2D eigenvalue weighted by molar-refractivity contribution is -0.136. The van der Waals surface area contributed by atoms with Gasteiger partial charge in [-0.05, 0) is 31.5 Å². The molecule has 0 fully saturated rings. The molecule has 84 valence electrons. The molecule has 2 rings (SSSR count). The van der Waals surface area contributed by atoms with Crippen molar-refractivity contribution in [1.29, 1.82) is 0 Å². The van der Waals surface area contributed by atoms with Crippen molar-refractivity contribution in [3.63, 3.8) is 0 Å². The zero-order chi connectivity index (χ0) is 11.7. The molecular formula is C13H15NO2. The fraction of sp³-hybridized carbons (Fsp3) is 0.308. The number of nitrogens with zero attached hydrogens (tertiary/aromatic N) is 1. The van der Waals surface area contributed by atoms with Crippen molar-refractivity contribution in [3.8, 4) is 0 Å². The molecule has 0 saturated carbocycles. The fourth-order valence-electron chi connectivity index (χ4n) is 2.22. The largest absolute Gasteiger partial charge is 0.481 e. The lowest BCUT2D eigenvalue weighted by Gasteiger charge is -2.04. The Labute approximate surface area is 94.3 Å². The van der Waals surface area contributed by atoms with Crippen LogP contribution in [0.25, 0.3) is 10.9 Å². The van der Waals surface area contributed by atoms with Crippen LogP contribution in [0.15, 0.2) is 24.3 Å². The highest BCUT2D eigenvalue weighted by atomic mass is 16.4. The third-order valence-corrected chi connectivity index (χ3v) is 2.90. The number of fused-ring (bicyclic) bond motifs is 1. The van der Waals surface area contributed by atoms with Crippen molar-refractivity contribution in [1.82, 2.24) is 4.57 Å². The van der Waals surface area contributed by atoms with Crippen LogP contribution in [-0.2, 0) is 17.8 Å². The molecule has 0 spiro atoms. The second-order valence-electron chi connectivity index (χ2n) is 3.95. The van der Waals surface area contributed by atoms with E-state index >= 15 is 0 Å². The van der Waals surface area contributed by atoms with E-state index < -0.39 is 5.97 Å². The van der Waals surface area contributed by atoms with Gasteiger partial charge in [0.1, 0.15) is 0 Å². The first-order valence-electron chi connectivity index (χ1n) is 5.43. The topological polar surface area (TPSA) is 42.2 Å². The highest BCUT2D eigenvalue weighted by Crippen LogP contribution is 2.23. The highest BCUT2D eigenvalue weighted by molar-refractivity contribution is 5.88. The van der Waals surface area contributed by atoms with E-state index in [0.717, 1.165) is 23.0 Å². The van der Waals surface area contributed by atoms with Crippen molar-refractivity contribution in [3.05, 3.63) is 35.5 Å². The summed E-state index contributed by atoms with van der Waals surface area (Å²) in [6.45, 7) is 5.05. The molecule has 1 aromatic heterocycles. The Morgan fingerprint density at radius 3 is 2.81 bits per heavy atom. The first-order chi connectivity index (χ1) is 7.63. The summed E-state index contributed by atoms with van der Waals surface area (Å²) in [6.07, 6.45) is 0.0878. The second-order valence-corrected chi connectivity index (χ2v) is 3.95. The van der Waals surface area contributed by atoms with E-state index in [9.17, 15) is 4.79 Å². The smallest absolute Gasteiger partial charge is 0.307 e. The van der Waals surface area contributed by atoms with Crippen LogP contribution < -0.4 is 0 Å². The van der Waals surface area contributed by atoms with Gasteiger partial charge in [0.2, 0.25) is 0 Å². The van der Waals surface area contributed by atoms with Crippen molar-refractivity contribution < 1.29 is 9.90 Å². The Morgan fingerprint density at radius 1 is 1.44 bits per heavy atom. The van der Waals surface area contributed by atoms with Crippen molar-refractivity contribution in [2.45, 2.75) is 26.8 Å². The average molecular weight is 217 g/mol. The number of benzene rings is 1. The molecule has 0 amide bonds. The first-order valence-corrected chi connectivity index (χ1v) is 5.43. The van der Waals surface area contributed by atoms with Crippen molar-refractivity contribution in [2.75, 3.05) is 0 Å². The molecule has 3 nitrogen and oxygen atoms in total. The van der Waals surface area contributed by atoms with Crippen LogP contribution >= 0.6 is 0 Å². The average Bonchev–Trinajstić information content (AvgIpc) is 2.54. The Kier molecular flexibility index (Phi) is 2.69. The maximum Gasteiger partial charge on any atom is 0.307 e. The van der Waals surface area contributed by atoms with Gasteiger partial charge in [0.25, 0.3) is 0 Å². The van der Waals surface area contributed by atoms with Crippen LogP contribution in [0.2, 0.25) is 0 Å². The van der Waals surface area contributed by atoms with Gasteiger partial charge in [-0.3, -0.25) is 4.79 Å². The zero-order valence-electron chi connectivity index (χ0n) is 9.53. The van der Waals surface area contributed by atoms with E-state index in [1.165, 1.54) is 5.69 Å². The van der Waals surface area contributed by atoms with E-state index in [0.29, 0.717) is 0 Å². The molecule has 0 aliphatic rings. The molecule has 0 aliphatic heterocycles. The normalized spacial score (nSPS) is 10.9. The van der Waals surface area contributed by atoms with Crippen LogP contribution in [0.5, 0.6) is 0 Å². The number of aromatic nitrogens is 1. The Morgan fingerprint density at radius 2 is 2.19 bits per heavy atom. The Bertz CT molecular complexity index is 540. The SMILES string of the molecule is CCn1c(C)cc2c(CC(=O)O)cccc21. The molecule has 2 aromatic rings. The van der Waals surface area contributed by atoms with Gasteiger partial charge in [-0.2, -0.15) is 0 Å². The quantitative estimate of drug-likeness (QED) is 0.858. The first kappa shape index (κ1) is 10.7. The molecule has 1 heterocycles. The summed E-state index contributed by atoms with van der Waals surface area (Å²) in [5.41, 5.74) is 3.19. The summed E-state index contributed by atoms with van der Waals surface area (Å²) in [5, 5.41) is 9.91. The number of rotatable bonds is 3. The minimum atomic E-state index is -0.783. The van der Waals surface area contributed by atoms with Crippen LogP contribution in [0.1, 0.15) is 18.2 Å². The van der Waals surface area contributed by atoms with Crippen LogP contribution in [-0.4, -0.2) is 15.6 Å². The molecule has 0 atom stereocenters. The number of aliphatic carboxylic acids is 1. The summed E-state index contributed by atoms with van der Waals surface area (Å²) < 4.78 is 2.20. The van der Waals surface area contributed by atoms with Gasteiger partial charge in [-0.1, -0.05) is 12.1 Å². The third kappa shape index (κ3) is 1.69. The van der Waals surface area contributed by atoms with Crippen LogP contribution in [0.3, 0.4) is 0 Å². The van der Waals surface area contributed by atoms with Crippen LogP contribution in [0, 0.1) is 6.92 Å². The number of hydrogen-bond donors (Lipinski definition) is 1. The summed E-state index contributed by atoms with van der Waals surface area (Å²) in [5.74, 6) is -0.783. The molecular weight excluding hydrogens is 202 g/mol. The highest BCUT2D eigenvalue weighted by Gasteiger charge is 2.09. The van der Waals surface area contributed by atoms with E-state index in [-0.39, 0.29) is 6.42 Å². The Balaban J connectivity index is 2.64. The minimum absolute atomic E-state index is 0.0878. The fourth-order valence-corrected chi connectivity index (χ4v) is 2.22. The van der Waals surface area contributed by atoms with E-state index in [2.05, 4.69) is 17.6 Å². The molecule has 0 aliphatic carbocycles. The Hall–Kier alpha value is -1.77. The predicted octanol–water partition coefficient (Wildman–Crippen LogP) is 2.60. The van der Waals surface area contributed by atoms with Gasteiger partial charge in [0, 0.05) is 23.1 Å². The molecule has 16 heavy (non-hydrogen) atoms. The molecule has 0 radical (unpaired) electrons. The monoisotopic (exact) mass is 217 g/mol. The van der Waals surface area contributed by atoms with Crippen LogP contribution in [0.4, 0.5) is 0 Å². The minimum Gasteiger partial charge on any atom is -0.481 e. The number of aryl methyl sites for hydroxylation is 2. The van der Waals surface area contributed by atoms with Crippen molar-refractivity contribution >= 4 is 16.9 Å². The van der Waals surface area contributed by atoms with Gasteiger partial charge in [0.15, 0.2) is 0 Å². The predicted molar refractivity (Wildman–Crippen MR) is 63.7 cm³/mol. The van der Waals surface area contributed by atoms with Gasteiger partial charge in [-0.25, -0.2) is 0 Å². The van der Waals surface area contributed by atoms with Gasteiger partial charge in [-0.15, -0.1) is 0 Å². The number of carbonyl (C=O) groups is 1. The number of carboxylic acid groups (broad SMARTS) is 1. The van der Waals surface area contributed by atoms with E-state index in [1.54, 1.807) is 0 Å². The van der Waals surface area contributed by atoms with Gasteiger partial charge in [0.05, 0.1) is 6.42 Å².